The molecular formula is C18H11BrO. The van der Waals surface area contributed by atoms with Crippen molar-refractivity contribution >= 4 is 37.7 Å². The Labute approximate surface area is 125 Å². The smallest absolute Gasteiger partial charge is 0.178 e. The van der Waals surface area contributed by atoms with E-state index in [2.05, 4.69) is 52.3 Å². The average molecular weight is 323 g/mol. The van der Waals surface area contributed by atoms with E-state index in [4.69, 9.17) is 4.42 Å². The number of hydrogen-bond acceptors (Lipinski definition) is 1. The molecule has 0 radical (unpaired) electrons. The molecule has 4 aromatic rings. The van der Waals surface area contributed by atoms with Crippen LogP contribution < -0.4 is 0 Å². The number of benzene rings is 3. The fourth-order valence-corrected chi connectivity index (χ4v) is 3.27. The molecule has 0 N–H and O–H groups in total. The van der Waals surface area contributed by atoms with Gasteiger partial charge in [0.05, 0.1) is 0 Å². The summed E-state index contributed by atoms with van der Waals surface area (Å²) in [6, 6.07) is 22.9. The van der Waals surface area contributed by atoms with Crippen molar-refractivity contribution in [2.24, 2.45) is 0 Å². The van der Waals surface area contributed by atoms with Gasteiger partial charge in [-0.2, -0.15) is 0 Å². The fourth-order valence-electron chi connectivity index (χ4n) is 2.67. The highest BCUT2D eigenvalue weighted by Crippen LogP contribution is 2.40. The van der Waals surface area contributed by atoms with Gasteiger partial charge in [0, 0.05) is 16.3 Å². The SMILES string of the molecule is Brc1oc2c(ccc3ccccc32)c1-c1ccccc1. The molecule has 0 aliphatic carbocycles. The molecule has 0 saturated carbocycles. The Bertz CT molecular complexity index is 907. The van der Waals surface area contributed by atoms with Crippen LogP contribution in [0.3, 0.4) is 0 Å². The summed E-state index contributed by atoms with van der Waals surface area (Å²) in [4.78, 5) is 0. The summed E-state index contributed by atoms with van der Waals surface area (Å²) in [6.45, 7) is 0. The zero-order chi connectivity index (χ0) is 13.5. The third kappa shape index (κ3) is 1.69. The maximum atomic E-state index is 5.98. The molecule has 96 valence electrons. The molecule has 0 aliphatic rings. The van der Waals surface area contributed by atoms with Crippen molar-refractivity contribution < 1.29 is 4.42 Å². The minimum atomic E-state index is 0.787. The molecule has 4 rings (SSSR count). The van der Waals surface area contributed by atoms with Gasteiger partial charge < -0.3 is 4.42 Å². The Morgan fingerprint density at radius 1 is 0.700 bits per heavy atom. The molecule has 20 heavy (non-hydrogen) atoms. The van der Waals surface area contributed by atoms with E-state index < -0.39 is 0 Å². The largest absolute Gasteiger partial charge is 0.448 e. The van der Waals surface area contributed by atoms with Crippen molar-refractivity contribution in [2.75, 3.05) is 0 Å². The molecule has 1 nitrogen and oxygen atoms in total. The Morgan fingerprint density at radius 2 is 1.45 bits per heavy atom. The van der Waals surface area contributed by atoms with Crippen LogP contribution in [0, 0.1) is 0 Å². The predicted molar refractivity (Wildman–Crippen MR) is 86.9 cm³/mol. The van der Waals surface area contributed by atoms with Gasteiger partial charge in [-0.3, -0.25) is 0 Å². The van der Waals surface area contributed by atoms with Crippen molar-refractivity contribution in [1.29, 1.82) is 0 Å². The van der Waals surface area contributed by atoms with Crippen molar-refractivity contribution in [2.45, 2.75) is 0 Å². The first-order valence-electron chi connectivity index (χ1n) is 6.50. The molecule has 2 heteroatoms. The van der Waals surface area contributed by atoms with Crippen LogP contribution in [-0.2, 0) is 0 Å². The lowest BCUT2D eigenvalue weighted by Crippen LogP contribution is -1.77. The molecule has 0 spiro atoms. The van der Waals surface area contributed by atoms with Crippen LogP contribution in [0.4, 0.5) is 0 Å². The van der Waals surface area contributed by atoms with E-state index in [-0.39, 0.29) is 0 Å². The average Bonchev–Trinajstić information content (AvgIpc) is 2.84. The number of furan rings is 1. The van der Waals surface area contributed by atoms with Crippen LogP contribution in [0.15, 0.2) is 75.8 Å². The van der Waals surface area contributed by atoms with Crippen molar-refractivity contribution in [3.05, 3.63) is 71.4 Å². The molecule has 0 saturated heterocycles. The lowest BCUT2D eigenvalue weighted by Gasteiger charge is -2.00. The minimum absolute atomic E-state index is 0.787. The van der Waals surface area contributed by atoms with Gasteiger partial charge in [-0.05, 0) is 32.9 Å². The normalized spacial score (nSPS) is 11.2. The monoisotopic (exact) mass is 322 g/mol. The molecule has 0 fully saturated rings. The van der Waals surface area contributed by atoms with Gasteiger partial charge in [0.25, 0.3) is 0 Å². The van der Waals surface area contributed by atoms with E-state index in [0.717, 1.165) is 32.2 Å². The molecule has 0 atom stereocenters. The minimum Gasteiger partial charge on any atom is -0.448 e. The quantitative estimate of drug-likeness (QED) is 0.418. The standard InChI is InChI=1S/C18H11BrO/c19-18-16(13-7-2-1-3-8-13)15-11-10-12-6-4-5-9-14(12)17(15)20-18/h1-11H. The molecule has 1 aromatic heterocycles. The summed E-state index contributed by atoms with van der Waals surface area (Å²) in [5, 5.41) is 3.48. The van der Waals surface area contributed by atoms with E-state index in [1.165, 1.54) is 5.39 Å². The second-order valence-electron chi connectivity index (χ2n) is 4.78. The zero-order valence-corrected chi connectivity index (χ0v) is 12.2. The number of halogens is 1. The summed E-state index contributed by atoms with van der Waals surface area (Å²) >= 11 is 3.57. The maximum Gasteiger partial charge on any atom is 0.178 e. The van der Waals surface area contributed by atoms with Gasteiger partial charge in [-0.25, -0.2) is 0 Å². The summed E-state index contributed by atoms with van der Waals surface area (Å²) in [5.41, 5.74) is 3.22. The van der Waals surface area contributed by atoms with E-state index in [9.17, 15) is 0 Å². The lowest BCUT2D eigenvalue weighted by atomic mass is 10.0. The van der Waals surface area contributed by atoms with Crippen molar-refractivity contribution in [3.63, 3.8) is 0 Å². The third-order valence-electron chi connectivity index (χ3n) is 3.60. The highest BCUT2D eigenvalue weighted by molar-refractivity contribution is 9.10. The Hall–Kier alpha value is -2.06. The predicted octanol–water partition coefficient (Wildman–Crippen LogP) is 6.02. The van der Waals surface area contributed by atoms with E-state index in [0.29, 0.717) is 0 Å². The van der Waals surface area contributed by atoms with Gasteiger partial charge >= 0.3 is 0 Å². The highest BCUT2D eigenvalue weighted by Gasteiger charge is 2.15. The van der Waals surface area contributed by atoms with E-state index in [1.54, 1.807) is 0 Å². The first-order chi connectivity index (χ1) is 9.84. The third-order valence-corrected chi connectivity index (χ3v) is 4.16. The summed E-state index contributed by atoms with van der Waals surface area (Å²) in [7, 11) is 0. The van der Waals surface area contributed by atoms with E-state index >= 15 is 0 Å². The molecule has 0 aliphatic heterocycles. The molecular weight excluding hydrogens is 312 g/mol. The Kier molecular flexibility index (Phi) is 2.64. The summed E-state index contributed by atoms with van der Waals surface area (Å²) in [5.74, 6) is 0. The number of hydrogen-bond donors (Lipinski definition) is 0. The maximum absolute atomic E-state index is 5.98. The highest BCUT2D eigenvalue weighted by atomic mass is 79.9. The van der Waals surface area contributed by atoms with Crippen LogP contribution in [0.2, 0.25) is 0 Å². The Morgan fingerprint density at radius 3 is 2.30 bits per heavy atom. The van der Waals surface area contributed by atoms with Crippen LogP contribution in [-0.4, -0.2) is 0 Å². The molecule has 0 amide bonds. The summed E-state index contributed by atoms with van der Waals surface area (Å²) < 4.78 is 6.77. The first kappa shape index (κ1) is 11.7. The second kappa shape index (κ2) is 4.50. The Balaban J connectivity index is 2.13. The number of rotatable bonds is 1. The van der Waals surface area contributed by atoms with E-state index in [1.807, 2.05) is 30.3 Å². The van der Waals surface area contributed by atoms with Crippen molar-refractivity contribution in [3.8, 4) is 11.1 Å². The van der Waals surface area contributed by atoms with Crippen LogP contribution >= 0.6 is 15.9 Å². The van der Waals surface area contributed by atoms with Gasteiger partial charge in [0.1, 0.15) is 5.58 Å². The topological polar surface area (TPSA) is 13.1 Å². The lowest BCUT2D eigenvalue weighted by molar-refractivity contribution is 0.592. The number of fused-ring (bicyclic) bond motifs is 3. The van der Waals surface area contributed by atoms with Gasteiger partial charge in [0.15, 0.2) is 4.67 Å². The van der Waals surface area contributed by atoms with Gasteiger partial charge in [-0.15, -0.1) is 0 Å². The van der Waals surface area contributed by atoms with Crippen LogP contribution in [0.1, 0.15) is 0 Å². The zero-order valence-electron chi connectivity index (χ0n) is 10.6. The fraction of sp³-hybridized carbons (Fsp3) is 0. The first-order valence-corrected chi connectivity index (χ1v) is 7.29. The summed E-state index contributed by atoms with van der Waals surface area (Å²) in [6.07, 6.45) is 0. The van der Waals surface area contributed by atoms with Crippen LogP contribution in [0.25, 0.3) is 32.9 Å². The van der Waals surface area contributed by atoms with Crippen molar-refractivity contribution in [1.82, 2.24) is 0 Å². The van der Waals surface area contributed by atoms with Gasteiger partial charge in [0.2, 0.25) is 0 Å². The molecule has 1 heterocycles. The molecule has 3 aromatic carbocycles. The molecule has 0 unspecified atom stereocenters. The second-order valence-corrected chi connectivity index (χ2v) is 5.50. The molecule has 0 bridgehead atoms. The van der Waals surface area contributed by atoms with Gasteiger partial charge in [-0.1, -0.05) is 60.7 Å². The van der Waals surface area contributed by atoms with Crippen LogP contribution in [0.5, 0.6) is 0 Å².